The zero-order chi connectivity index (χ0) is 12.3. The zero-order valence-electron chi connectivity index (χ0n) is 9.52. The molecule has 0 aliphatic rings. The number of hydrogen-bond donors (Lipinski definition) is 1. The van der Waals surface area contributed by atoms with E-state index in [1.165, 1.54) is 0 Å². The van der Waals surface area contributed by atoms with Crippen LogP contribution in [0.25, 0.3) is 0 Å². The van der Waals surface area contributed by atoms with Crippen molar-refractivity contribution in [2.75, 3.05) is 6.61 Å². The third-order valence-corrected chi connectivity index (χ3v) is 2.85. The second kappa shape index (κ2) is 5.38. The molecule has 2 N–H and O–H groups in total. The van der Waals surface area contributed by atoms with Crippen LogP contribution >= 0.6 is 15.9 Å². The van der Waals surface area contributed by atoms with E-state index in [0.29, 0.717) is 6.61 Å². The fourth-order valence-electron chi connectivity index (χ4n) is 1.48. The summed E-state index contributed by atoms with van der Waals surface area (Å²) >= 11 is 3.39. The molecule has 4 heteroatoms. The van der Waals surface area contributed by atoms with Crippen molar-refractivity contribution in [2.45, 2.75) is 13.0 Å². The highest BCUT2D eigenvalue weighted by molar-refractivity contribution is 9.10. The molecular weight excluding hydrogens is 282 g/mol. The molecule has 0 aliphatic heterocycles. The Bertz CT molecular complexity index is 496. The quantitative estimate of drug-likeness (QED) is 0.940. The molecule has 2 aromatic rings. The van der Waals surface area contributed by atoms with Crippen LogP contribution in [-0.4, -0.2) is 6.61 Å². The molecule has 1 unspecified atom stereocenters. The van der Waals surface area contributed by atoms with E-state index in [2.05, 4.69) is 15.9 Å². The van der Waals surface area contributed by atoms with Crippen LogP contribution in [0.1, 0.15) is 17.6 Å². The fourth-order valence-corrected chi connectivity index (χ4v) is 1.86. The number of benzene rings is 1. The van der Waals surface area contributed by atoms with Crippen LogP contribution in [0.2, 0.25) is 0 Å². The first-order chi connectivity index (χ1) is 8.15. The van der Waals surface area contributed by atoms with Gasteiger partial charge in [0.25, 0.3) is 0 Å². The summed E-state index contributed by atoms with van der Waals surface area (Å²) in [7, 11) is 0. The smallest absolute Gasteiger partial charge is 0.124 e. The van der Waals surface area contributed by atoms with Crippen LogP contribution in [0.4, 0.5) is 0 Å². The lowest BCUT2D eigenvalue weighted by molar-refractivity contribution is 0.271. The van der Waals surface area contributed by atoms with Gasteiger partial charge in [-0.2, -0.15) is 0 Å². The Morgan fingerprint density at radius 2 is 2.18 bits per heavy atom. The zero-order valence-corrected chi connectivity index (χ0v) is 11.1. The molecular formula is C13H14BrNO2. The second-order valence-electron chi connectivity index (χ2n) is 3.82. The molecule has 1 atom stereocenters. The van der Waals surface area contributed by atoms with E-state index >= 15 is 0 Å². The number of ether oxygens (including phenoxy) is 1. The molecule has 0 spiro atoms. The van der Waals surface area contributed by atoms with Crippen LogP contribution in [-0.2, 0) is 0 Å². The number of hydrogen-bond acceptors (Lipinski definition) is 3. The maximum Gasteiger partial charge on any atom is 0.124 e. The molecule has 2 rings (SSSR count). The molecule has 1 aromatic heterocycles. The highest BCUT2D eigenvalue weighted by Gasteiger charge is 2.10. The normalized spacial score (nSPS) is 12.4. The molecule has 0 saturated heterocycles. The van der Waals surface area contributed by atoms with Crippen LogP contribution < -0.4 is 10.5 Å². The van der Waals surface area contributed by atoms with Crippen molar-refractivity contribution in [1.82, 2.24) is 0 Å². The number of furan rings is 1. The molecule has 3 nitrogen and oxygen atoms in total. The lowest BCUT2D eigenvalue weighted by Gasteiger charge is -2.11. The largest absolute Gasteiger partial charge is 0.491 e. The van der Waals surface area contributed by atoms with Gasteiger partial charge in [-0.15, -0.1) is 0 Å². The Morgan fingerprint density at radius 1 is 1.35 bits per heavy atom. The van der Waals surface area contributed by atoms with Gasteiger partial charge in [0.1, 0.15) is 23.9 Å². The summed E-state index contributed by atoms with van der Waals surface area (Å²) in [6.45, 7) is 2.29. The van der Waals surface area contributed by atoms with Crippen molar-refractivity contribution >= 4 is 15.9 Å². The topological polar surface area (TPSA) is 48.4 Å². The molecule has 0 radical (unpaired) electrons. The van der Waals surface area contributed by atoms with Crippen LogP contribution in [0.3, 0.4) is 0 Å². The SMILES string of the molecule is Cc1ccc(C(N)COc2cccc(Br)c2)o1. The van der Waals surface area contributed by atoms with Gasteiger partial charge in [-0.1, -0.05) is 22.0 Å². The molecule has 0 aliphatic carbocycles. The minimum Gasteiger partial charge on any atom is -0.491 e. The lowest BCUT2D eigenvalue weighted by Crippen LogP contribution is -2.18. The predicted octanol–water partition coefficient (Wildman–Crippen LogP) is 3.43. The van der Waals surface area contributed by atoms with Gasteiger partial charge in [0, 0.05) is 4.47 Å². The van der Waals surface area contributed by atoms with E-state index in [-0.39, 0.29) is 6.04 Å². The molecule has 1 heterocycles. The van der Waals surface area contributed by atoms with Gasteiger partial charge in [0.2, 0.25) is 0 Å². The van der Waals surface area contributed by atoms with E-state index < -0.39 is 0 Å². The fraction of sp³-hybridized carbons (Fsp3) is 0.231. The highest BCUT2D eigenvalue weighted by Crippen LogP contribution is 2.20. The van der Waals surface area contributed by atoms with Gasteiger partial charge >= 0.3 is 0 Å². The predicted molar refractivity (Wildman–Crippen MR) is 70.0 cm³/mol. The number of halogens is 1. The molecule has 0 bridgehead atoms. The standard InChI is InChI=1S/C13H14BrNO2/c1-9-5-6-13(17-9)12(15)8-16-11-4-2-3-10(14)7-11/h2-7,12H,8,15H2,1H3. The van der Waals surface area contributed by atoms with Crippen molar-refractivity contribution in [3.63, 3.8) is 0 Å². The first-order valence-corrected chi connectivity index (χ1v) is 6.15. The Kier molecular flexibility index (Phi) is 3.86. The van der Waals surface area contributed by atoms with Crippen molar-refractivity contribution in [1.29, 1.82) is 0 Å². The Balaban J connectivity index is 1.94. The first kappa shape index (κ1) is 12.2. The molecule has 0 saturated carbocycles. The second-order valence-corrected chi connectivity index (χ2v) is 4.74. The number of rotatable bonds is 4. The maximum atomic E-state index is 5.96. The summed E-state index contributed by atoms with van der Waals surface area (Å²) in [5, 5.41) is 0. The number of nitrogens with two attached hydrogens (primary N) is 1. The van der Waals surface area contributed by atoms with Crippen molar-refractivity contribution in [2.24, 2.45) is 5.73 Å². The Labute approximate surface area is 109 Å². The van der Waals surface area contributed by atoms with Crippen molar-refractivity contribution < 1.29 is 9.15 Å². The molecule has 90 valence electrons. The highest BCUT2D eigenvalue weighted by atomic mass is 79.9. The average Bonchev–Trinajstić information content (AvgIpc) is 2.73. The Hall–Kier alpha value is -1.26. The van der Waals surface area contributed by atoms with Crippen LogP contribution in [0.15, 0.2) is 45.3 Å². The van der Waals surface area contributed by atoms with Crippen LogP contribution in [0, 0.1) is 6.92 Å². The molecule has 1 aromatic carbocycles. The minimum atomic E-state index is -0.248. The maximum absolute atomic E-state index is 5.96. The van der Waals surface area contributed by atoms with E-state index in [0.717, 1.165) is 21.7 Å². The van der Waals surface area contributed by atoms with Crippen molar-refractivity contribution in [3.8, 4) is 5.75 Å². The van der Waals surface area contributed by atoms with E-state index in [1.807, 2.05) is 43.3 Å². The first-order valence-electron chi connectivity index (χ1n) is 5.35. The van der Waals surface area contributed by atoms with Gasteiger partial charge in [-0.25, -0.2) is 0 Å². The third-order valence-electron chi connectivity index (χ3n) is 2.35. The van der Waals surface area contributed by atoms with Gasteiger partial charge in [0.05, 0.1) is 6.04 Å². The molecule has 0 amide bonds. The monoisotopic (exact) mass is 295 g/mol. The van der Waals surface area contributed by atoms with E-state index in [4.69, 9.17) is 14.9 Å². The molecule has 17 heavy (non-hydrogen) atoms. The summed E-state index contributed by atoms with van der Waals surface area (Å²) < 4.78 is 12.0. The lowest BCUT2D eigenvalue weighted by atomic mass is 10.2. The van der Waals surface area contributed by atoms with Gasteiger partial charge < -0.3 is 14.9 Å². The van der Waals surface area contributed by atoms with Gasteiger partial charge in [0.15, 0.2) is 0 Å². The van der Waals surface area contributed by atoms with E-state index in [9.17, 15) is 0 Å². The van der Waals surface area contributed by atoms with Crippen LogP contribution in [0.5, 0.6) is 5.75 Å². The minimum absolute atomic E-state index is 0.248. The van der Waals surface area contributed by atoms with Crippen molar-refractivity contribution in [3.05, 3.63) is 52.4 Å². The Morgan fingerprint density at radius 3 is 2.82 bits per heavy atom. The number of aryl methyl sites for hydroxylation is 1. The van der Waals surface area contributed by atoms with Gasteiger partial charge in [-0.3, -0.25) is 0 Å². The summed E-state index contributed by atoms with van der Waals surface area (Å²) in [4.78, 5) is 0. The summed E-state index contributed by atoms with van der Waals surface area (Å²) in [5.41, 5.74) is 5.96. The van der Waals surface area contributed by atoms with Gasteiger partial charge in [-0.05, 0) is 37.3 Å². The average molecular weight is 296 g/mol. The summed E-state index contributed by atoms with van der Waals surface area (Å²) in [5.74, 6) is 2.40. The van der Waals surface area contributed by atoms with E-state index in [1.54, 1.807) is 0 Å². The summed E-state index contributed by atoms with van der Waals surface area (Å²) in [6, 6.07) is 11.2. The molecule has 0 fully saturated rings. The third kappa shape index (κ3) is 3.35. The summed E-state index contributed by atoms with van der Waals surface area (Å²) in [6.07, 6.45) is 0.